The number of carbonyl (C=O) groups is 2. The summed E-state index contributed by atoms with van der Waals surface area (Å²) in [7, 11) is 0. The zero-order valence-electron chi connectivity index (χ0n) is 12.8. The topological polar surface area (TPSA) is 49.4 Å². The maximum Gasteiger partial charge on any atom is 0.283 e. The average Bonchev–Trinajstić information content (AvgIpc) is 2.80. The molecule has 1 heterocycles. The summed E-state index contributed by atoms with van der Waals surface area (Å²) in [6, 6.07) is 16.0. The molecule has 1 N–H and O–H groups in total. The molecule has 4 nitrogen and oxygen atoms in total. The van der Waals surface area contributed by atoms with Crippen molar-refractivity contribution in [2.75, 3.05) is 4.90 Å². The van der Waals surface area contributed by atoms with E-state index in [0.29, 0.717) is 10.7 Å². The lowest BCUT2D eigenvalue weighted by atomic mass is 10.1. The first-order valence-corrected chi connectivity index (χ1v) is 8.11. The van der Waals surface area contributed by atoms with Crippen molar-refractivity contribution in [2.24, 2.45) is 0 Å². The van der Waals surface area contributed by atoms with E-state index < -0.39 is 11.8 Å². The molecular weight excluding hydrogens is 347 g/mol. The second kappa shape index (κ2) is 6.67. The van der Waals surface area contributed by atoms with Gasteiger partial charge in [-0.3, -0.25) is 9.59 Å². The summed E-state index contributed by atoms with van der Waals surface area (Å²) in [6.45, 7) is 1.89. The summed E-state index contributed by atoms with van der Waals surface area (Å²) in [5.74, 6) is -1.10. The minimum Gasteiger partial charge on any atom is -0.373 e. The molecule has 2 amide bonds. The Labute approximate surface area is 149 Å². The third kappa shape index (κ3) is 2.90. The standard InChI is InChI=1S/C18H14Cl2N2O2/c1-11(12-7-3-2-4-8-12)21-16-15(20)17(23)22(18(16)24)14-10-6-5-9-13(14)19/h2-11,21H,1H3. The van der Waals surface area contributed by atoms with Gasteiger partial charge in [0.25, 0.3) is 11.8 Å². The number of anilines is 1. The van der Waals surface area contributed by atoms with Crippen LogP contribution < -0.4 is 10.2 Å². The molecule has 0 radical (unpaired) electrons. The van der Waals surface area contributed by atoms with Gasteiger partial charge in [0.1, 0.15) is 10.7 Å². The van der Waals surface area contributed by atoms with Gasteiger partial charge < -0.3 is 5.32 Å². The summed E-state index contributed by atoms with van der Waals surface area (Å²) in [5.41, 5.74) is 1.38. The molecule has 3 rings (SSSR count). The van der Waals surface area contributed by atoms with Crippen LogP contribution in [0.25, 0.3) is 0 Å². The van der Waals surface area contributed by atoms with Crippen molar-refractivity contribution < 1.29 is 9.59 Å². The fourth-order valence-electron chi connectivity index (χ4n) is 2.52. The lowest BCUT2D eigenvalue weighted by Crippen LogP contribution is -2.34. The van der Waals surface area contributed by atoms with E-state index >= 15 is 0 Å². The molecule has 2 aromatic rings. The van der Waals surface area contributed by atoms with Gasteiger partial charge in [0.05, 0.1) is 10.7 Å². The molecule has 2 aromatic carbocycles. The SMILES string of the molecule is CC(NC1=C(Cl)C(=O)N(c2ccccc2Cl)C1=O)c1ccccc1. The van der Waals surface area contributed by atoms with E-state index in [9.17, 15) is 9.59 Å². The van der Waals surface area contributed by atoms with E-state index in [1.54, 1.807) is 24.3 Å². The number of halogens is 2. The molecule has 1 aliphatic heterocycles. The second-order valence-electron chi connectivity index (χ2n) is 5.36. The molecule has 0 aromatic heterocycles. The van der Waals surface area contributed by atoms with Crippen LogP contribution >= 0.6 is 23.2 Å². The zero-order valence-corrected chi connectivity index (χ0v) is 14.3. The molecule has 1 aliphatic rings. The molecule has 0 fully saturated rings. The predicted molar refractivity (Wildman–Crippen MR) is 94.8 cm³/mol. The predicted octanol–water partition coefficient (Wildman–Crippen LogP) is 4.01. The first kappa shape index (κ1) is 16.6. The van der Waals surface area contributed by atoms with E-state index in [1.807, 2.05) is 37.3 Å². The van der Waals surface area contributed by atoms with Gasteiger partial charge in [-0.2, -0.15) is 0 Å². The van der Waals surface area contributed by atoms with Gasteiger partial charge in [0, 0.05) is 6.04 Å². The molecule has 0 bridgehead atoms. The van der Waals surface area contributed by atoms with Gasteiger partial charge in [-0.05, 0) is 24.6 Å². The van der Waals surface area contributed by atoms with E-state index in [1.165, 1.54) is 0 Å². The van der Waals surface area contributed by atoms with Crippen LogP contribution in [0.15, 0.2) is 65.3 Å². The Kier molecular flexibility index (Phi) is 4.60. The van der Waals surface area contributed by atoms with Gasteiger partial charge in [-0.15, -0.1) is 0 Å². The minimum atomic E-state index is -0.586. The van der Waals surface area contributed by atoms with Gasteiger partial charge in [-0.1, -0.05) is 65.7 Å². The highest BCUT2D eigenvalue weighted by atomic mass is 35.5. The number of carbonyl (C=O) groups excluding carboxylic acids is 2. The molecule has 1 unspecified atom stereocenters. The Morgan fingerprint density at radius 3 is 2.21 bits per heavy atom. The third-order valence-corrected chi connectivity index (χ3v) is 4.45. The number of imide groups is 1. The smallest absolute Gasteiger partial charge is 0.283 e. The molecule has 0 saturated heterocycles. The molecule has 0 aliphatic carbocycles. The number of hydrogen-bond donors (Lipinski definition) is 1. The maximum absolute atomic E-state index is 12.7. The van der Waals surface area contributed by atoms with Crippen molar-refractivity contribution in [1.82, 2.24) is 5.32 Å². The number of amides is 2. The summed E-state index contributed by atoms with van der Waals surface area (Å²) >= 11 is 12.2. The average molecular weight is 361 g/mol. The first-order chi connectivity index (χ1) is 11.5. The maximum atomic E-state index is 12.7. The molecular formula is C18H14Cl2N2O2. The lowest BCUT2D eigenvalue weighted by molar-refractivity contribution is -0.120. The van der Waals surface area contributed by atoms with Gasteiger partial charge >= 0.3 is 0 Å². The van der Waals surface area contributed by atoms with Gasteiger partial charge in [0.2, 0.25) is 0 Å². The highest BCUT2D eigenvalue weighted by molar-refractivity contribution is 6.53. The molecule has 24 heavy (non-hydrogen) atoms. The van der Waals surface area contributed by atoms with Crippen LogP contribution in [-0.2, 0) is 9.59 Å². The van der Waals surface area contributed by atoms with Crippen LogP contribution in [-0.4, -0.2) is 11.8 Å². The fraction of sp³-hybridized carbons (Fsp3) is 0.111. The Bertz CT molecular complexity index is 834. The van der Waals surface area contributed by atoms with E-state index in [4.69, 9.17) is 23.2 Å². The lowest BCUT2D eigenvalue weighted by Gasteiger charge is -2.18. The summed E-state index contributed by atoms with van der Waals surface area (Å²) in [5, 5.41) is 3.21. The second-order valence-corrected chi connectivity index (χ2v) is 6.15. The van der Waals surface area contributed by atoms with Crippen LogP contribution in [0, 0.1) is 0 Å². The molecule has 6 heteroatoms. The largest absolute Gasteiger partial charge is 0.373 e. The molecule has 0 saturated carbocycles. The van der Waals surface area contributed by atoms with Crippen molar-refractivity contribution in [3.8, 4) is 0 Å². The van der Waals surface area contributed by atoms with E-state index in [2.05, 4.69) is 5.32 Å². The minimum absolute atomic E-state index is 0.0814. The number of benzene rings is 2. The summed E-state index contributed by atoms with van der Waals surface area (Å²) in [4.78, 5) is 26.1. The Hall–Kier alpha value is -2.30. The van der Waals surface area contributed by atoms with Crippen molar-refractivity contribution in [1.29, 1.82) is 0 Å². The number of nitrogens with zero attached hydrogens (tertiary/aromatic N) is 1. The van der Waals surface area contributed by atoms with Crippen LogP contribution in [0.4, 0.5) is 5.69 Å². The number of nitrogens with one attached hydrogen (secondary N) is 1. The summed E-state index contributed by atoms with van der Waals surface area (Å²) < 4.78 is 0. The third-order valence-electron chi connectivity index (χ3n) is 3.78. The quantitative estimate of drug-likeness (QED) is 0.837. The highest BCUT2D eigenvalue weighted by Crippen LogP contribution is 2.33. The Morgan fingerprint density at radius 2 is 1.54 bits per heavy atom. The fourth-order valence-corrected chi connectivity index (χ4v) is 2.96. The molecule has 122 valence electrons. The number of hydrogen-bond acceptors (Lipinski definition) is 3. The summed E-state index contributed by atoms with van der Waals surface area (Å²) in [6.07, 6.45) is 0. The number of para-hydroxylation sites is 1. The monoisotopic (exact) mass is 360 g/mol. The first-order valence-electron chi connectivity index (χ1n) is 7.35. The normalized spacial score (nSPS) is 15.9. The van der Waals surface area contributed by atoms with Crippen molar-refractivity contribution >= 4 is 40.7 Å². The molecule has 0 spiro atoms. The van der Waals surface area contributed by atoms with Crippen LogP contribution in [0.2, 0.25) is 5.02 Å². The zero-order chi connectivity index (χ0) is 17.3. The highest BCUT2D eigenvalue weighted by Gasteiger charge is 2.40. The van der Waals surface area contributed by atoms with Crippen LogP contribution in [0.1, 0.15) is 18.5 Å². The van der Waals surface area contributed by atoms with E-state index in [-0.39, 0.29) is 16.8 Å². The Balaban J connectivity index is 1.89. The van der Waals surface area contributed by atoms with Crippen molar-refractivity contribution in [3.63, 3.8) is 0 Å². The van der Waals surface area contributed by atoms with E-state index in [0.717, 1.165) is 10.5 Å². The van der Waals surface area contributed by atoms with Crippen LogP contribution in [0.5, 0.6) is 0 Å². The van der Waals surface area contributed by atoms with Gasteiger partial charge in [-0.25, -0.2) is 4.90 Å². The number of rotatable bonds is 4. The van der Waals surface area contributed by atoms with Crippen molar-refractivity contribution in [2.45, 2.75) is 13.0 Å². The Morgan fingerprint density at radius 1 is 0.917 bits per heavy atom. The van der Waals surface area contributed by atoms with Crippen molar-refractivity contribution in [3.05, 3.63) is 75.9 Å². The van der Waals surface area contributed by atoms with Gasteiger partial charge in [0.15, 0.2) is 0 Å². The van der Waals surface area contributed by atoms with Crippen LogP contribution in [0.3, 0.4) is 0 Å². The molecule has 1 atom stereocenters.